The number of quaternary nitrogens is 1. The van der Waals surface area contributed by atoms with Crippen LogP contribution in [0.5, 0.6) is 0 Å². The van der Waals surface area contributed by atoms with Crippen LogP contribution in [0.4, 0.5) is 0 Å². The zero-order chi connectivity index (χ0) is 16.6. The lowest BCUT2D eigenvalue weighted by Gasteiger charge is -2.39. The lowest BCUT2D eigenvalue weighted by molar-refractivity contribution is -0.929. The third kappa shape index (κ3) is 17.4. The highest BCUT2D eigenvalue weighted by molar-refractivity contribution is 5.62. The molecule has 0 aliphatic carbocycles. The normalized spacial score (nSPS) is 10.4. The maximum Gasteiger partial charge on any atom is 0.300 e. The molecule has 4 heteroatoms. The molecule has 0 bridgehead atoms. The summed E-state index contributed by atoms with van der Waals surface area (Å²) < 4.78 is 1.42. The van der Waals surface area contributed by atoms with Crippen molar-refractivity contribution in [2.24, 2.45) is 0 Å². The van der Waals surface area contributed by atoms with Gasteiger partial charge in [0.2, 0.25) is 0 Å². The minimum absolute atomic E-state index is 0. The van der Waals surface area contributed by atoms with Crippen molar-refractivity contribution < 1.29 is 14.4 Å². The largest absolute Gasteiger partial charge is 0.481 e. The lowest BCUT2D eigenvalue weighted by Crippen LogP contribution is -2.50. The summed E-state index contributed by atoms with van der Waals surface area (Å²) in [4.78, 5) is 9.00. The van der Waals surface area contributed by atoms with Crippen LogP contribution in [0.2, 0.25) is 0 Å². The predicted octanol–water partition coefficient (Wildman–Crippen LogP) is 5.26. The molecule has 0 atom stereocenters. The van der Waals surface area contributed by atoms with Crippen LogP contribution in [0, 0.1) is 0 Å². The molecule has 0 aromatic rings. The van der Waals surface area contributed by atoms with E-state index in [1.54, 1.807) is 0 Å². The van der Waals surface area contributed by atoms with Crippen molar-refractivity contribution in [3.8, 4) is 0 Å². The van der Waals surface area contributed by atoms with E-state index in [1.165, 1.54) is 82.0 Å². The molecule has 0 fully saturated rings. The highest BCUT2D eigenvalue weighted by Crippen LogP contribution is 2.16. The number of unbranched alkanes of at least 4 members (excludes halogenated alkanes) is 4. The fraction of sp³-hybridized carbons (Fsp3) is 0.944. The Labute approximate surface area is 139 Å². The van der Waals surface area contributed by atoms with Crippen molar-refractivity contribution in [3.05, 3.63) is 0 Å². The minimum Gasteiger partial charge on any atom is -0.481 e. The summed E-state index contributed by atoms with van der Waals surface area (Å²) in [5.74, 6) is -0.833. The Bertz CT molecular complexity index is 192. The van der Waals surface area contributed by atoms with Crippen molar-refractivity contribution in [2.75, 3.05) is 26.2 Å². The second kappa shape index (κ2) is 18.4. The van der Waals surface area contributed by atoms with E-state index < -0.39 is 5.97 Å². The summed E-state index contributed by atoms with van der Waals surface area (Å²) in [7, 11) is 0. The molecule has 0 heterocycles. The van der Waals surface area contributed by atoms with Gasteiger partial charge in [0.25, 0.3) is 5.97 Å². The summed E-state index contributed by atoms with van der Waals surface area (Å²) in [6.45, 7) is 16.1. The van der Waals surface area contributed by atoms with E-state index in [-0.39, 0.29) is 6.15 Å². The van der Waals surface area contributed by atoms with E-state index in [0.717, 1.165) is 6.92 Å². The van der Waals surface area contributed by atoms with Gasteiger partial charge in [0.05, 0.1) is 26.2 Å². The van der Waals surface area contributed by atoms with Crippen molar-refractivity contribution in [3.63, 3.8) is 0 Å². The minimum atomic E-state index is -0.833. The molecular weight excluding hydrogens is 276 g/mol. The Hall–Kier alpha value is -0.610. The van der Waals surface area contributed by atoms with Crippen molar-refractivity contribution in [1.82, 2.24) is 6.15 Å². The quantitative estimate of drug-likeness (QED) is 0.482. The van der Waals surface area contributed by atoms with Crippen molar-refractivity contribution >= 4 is 5.97 Å². The van der Waals surface area contributed by atoms with Crippen LogP contribution >= 0.6 is 0 Å². The van der Waals surface area contributed by atoms with E-state index in [1.807, 2.05) is 0 Å². The Balaban J connectivity index is -0.000000640. The first kappa shape index (κ1) is 26.3. The van der Waals surface area contributed by atoms with E-state index in [0.29, 0.717) is 0 Å². The van der Waals surface area contributed by atoms with E-state index in [9.17, 15) is 0 Å². The number of carboxylic acids is 1. The third-order valence-electron chi connectivity index (χ3n) is 3.94. The molecule has 4 N–H and O–H groups in total. The predicted molar refractivity (Wildman–Crippen MR) is 97.7 cm³/mol. The van der Waals surface area contributed by atoms with E-state index in [2.05, 4.69) is 27.7 Å². The molecule has 0 aromatic carbocycles. The van der Waals surface area contributed by atoms with Gasteiger partial charge in [-0.2, -0.15) is 0 Å². The molecule has 0 saturated carbocycles. The van der Waals surface area contributed by atoms with Gasteiger partial charge in [-0.05, 0) is 25.7 Å². The maximum absolute atomic E-state index is 9.00. The molecule has 0 rings (SSSR count). The first-order valence-corrected chi connectivity index (χ1v) is 9.02. The molecule has 4 nitrogen and oxygen atoms in total. The number of aliphatic carboxylic acids is 1. The second-order valence-electron chi connectivity index (χ2n) is 6.17. The first-order chi connectivity index (χ1) is 9.97. The molecule has 0 unspecified atom stereocenters. The SMILES string of the molecule is CC(=O)O.CCCC[N+](CCCC)(CCCC)CCCC.N. The highest BCUT2D eigenvalue weighted by Gasteiger charge is 2.24. The number of nitrogens with zero attached hydrogens (tertiary/aromatic N) is 1. The van der Waals surface area contributed by atoms with Gasteiger partial charge >= 0.3 is 0 Å². The smallest absolute Gasteiger partial charge is 0.300 e. The van der Waals surface area contributed by atoms with Gasteiger partial charge in [-0.1, -0.05) is 53.4 Å². The van der Waals surface area contributed by atoms with Gasteiger partial charge < -0.3 is 15.7 Å². The molecular formula is C18H43N2O2+. The summed E-state index contributed by atoms with van der Waals surface area (Å²) in [5, 5.41) is 7.42. The van der Waals surface area contributed by atoms with E-state index >= 15 is 0 Å². The Morgan fingerprint density at radius 3 is 1.05 bits per heavy atom. The second-order valence-corrected chi connectivity index (χ2v) is 6.17. The fourth-order valence-electron chi connectivity index (χ4n) is 2.64. The Morgan fingerprint density at radius 1 is 0.727 bits per heavy atom. The van der Waals surface area contributed by atoms with E-state index in [4.69, 9.17) is 9.90 Å². The van der Waals surface area contributed by atoms with Gasteiger partial charge in [0.15, 0.2) is 0 Å². The van der Waals surface area contributed by atoms with Crippen molar-refractivity contribution in [1.29, 1.82) is 0 Å². The topological polar surface area (TPSA) is 72.3 Å². The summed E-state index contributed by atoms with van der Waals surface area (Å²) in [6, 6.07) is 0. The van der Waals surface area contributed by atoms with Crippen molar-refractivity contribution in [2.45, 2.75) is 86.0 Å². The Morgan fingerprint density at radius 2 is 0.909 bits per heavy atom. The summed E-state index contributed by atoms with van der Waals surface area (Å²) in [5.41, 5.74) is 0. The molecule has 136 valence electrons. The molecule has 0 radical (unpaired) electrons. The number of hydrogen-bond acceptors (Lipinski definition) is 2. The van der Waals surface area contributed by atoms with Gasteiger partial charge in [-0.3, -0.25) is 4.79 Å². The Kier molecular flexibility index (Phi) is 22.0. The van der Waals surface area contributed by atoms with Gasteiger partial charge in [-0.15, -0.1) is 0 Å². The van der Waals surface area contributed by atoms with Crippen LogP contribution in [0.1, 0.15) is 86.0 Å². The average Bonchev–Trinajstić information content (AvgIpc) is 2.45. The van der Waals surface area contributed by atoms with Gasteiger partial charge in [0.1, 0.15) is 0 Å². The zero-order valence-electron chi connectivity index (χ0n) is 16.0. The number of carboxylic acid groups (broad SMARTS) is 1. The lowest BCUT2D eigenvalue weighted by atomic mass is 10.1. The highest BCUT2D eigenvalue weighted by atomic mass is 16.4. The third-order valence-corrected chi connectivity index (χ3v) is 3.94. The summed E-state index contributed by atoms with van der Waals surface area (Å²) >= 11 is 0. The zero-order valence-corrected chi connectivity index (χ0v) is 16.0. The van der Waals surface area contributed by atoms with Crippen LogP contribution in [0.15, 0.2) is 0 Å². The maximum atomic E-state index is 9.00. The molecule has 0 spiro atoms. The fourth-order valence-corrected chi connectivity index (χ4v) is 2.64. The molecule has 0 saturated heterocycles. The van der Waals surface area contributed by atoms with Gasteiger partial charge in [0, 0.05) is 6.92 Å². The first-order valence-electron chi connectivity index (χ1n) is 9.02. The monoisotopic (exact) mass is 319 g/mol. The molecule has 0 aliphatic rings. The molecule has 0 aliphatic heterocycles. The number of hydrogen-bond donors (Lipinski definition) is 2. The van der Waals surface area contributed by atoms with Crippen LogP contribution in [-0.2, 0) is 4.79 Å². The van der Waals surface area contributed by atoms with Crippen LogP contribution in [0.3, 0.4) is 0 Å². The molecule has 0 aromatic heterocycles. The average molecular weight is 320 g/mol. The number of rotatable bonds is 12. The standard InChI is InChI=1S/C16H36N.C2H4O2.H3N/c1-5-9-13-17(14-10-6-2,15-11-7-3)16-12-8-4;1-2(3)4;/h5-16H2,1-4H3;1H3,(H,3,4);1H3/q+1;;. The molecule has 22 heavy (non-hydrogen) atoms. The van der Waals surface area contributed by atoms with Crippen LogP contribution < -0.4 is 6.15 Å². The van der Waals surface area contributed by atoms with Crippen LogP contribution in [0.25, 0.3) is 0 Å². The number of carbonyl (C=O) groups is 1. The van der Waals surface area contributed by atoms with Gasteiger partial charge in [-0.25, -0.2) is 0 Å². The van der Waals surface area contributed by atoms with Crippen LogP contribution in [-0.4, -0.2) is 41.7 Å². The molecule has 0 amide bonds. The summed E-state index contributed by atoms with van der Waals surface area (Å²) in [6.07, 6.45) is 11.1.